The van der Waals surface area contributed by atoms with Gasteiger partial charge >= 0.3 is 5.97 Å². The Morgan fingerprint density at radius 3 is 2.56 bits per heavy atom. The zero-order valence-electron chi connectivity index (χ0n) is 18.5. The van der Waals surface area contributed by atoms with Crippen molar-refractivity contribution in [1.82, 2.24) is 0 Å². The van der Waals surface area contributed by atoms with E-state index in [2.05, 4.69) is 26.2 Å². The van der Waals surface area contributed by atoms with Crippen molar-refractivity contribution >= 4 is 45.5 Å². The lowest BCUT2D eigenvalue weighted by Gasteiger charge is -2.14. The number of carbonyl (C=O) groups is 2. The van der Waals surface area contributed by atoms with Gasteiger partial charge < -0.3 is 19.5 Å². The first kappa shape index (κ1) is 23.3. The Kier molecular flexibility index (Phi) is 7.08. The fourth-order valence-electron chi connectivity index (χ4n) is 3.31. The van der Waals surface area contributed by atoms with Crippen molar-refractivity contribution < 1.29 is 23.8 Å². The third-order valence-corrected chi connectivity index (χ3v) is 5.70. The number of carbonyl (C=O) groups excluding carboxylic acids is 2. The summed E-state index contributed by atoms with van der Waals surface area (Å²) in [6.45, 7) is 1.74. The summed E-state index contributed by atoms with van der Waals surface area (Å²) < 4.78 is 17.9. The van der Waals surface area contributed by atoms with E-state index >= 15 is 0 Å². The van der Waals surface area contributed by atoms with Crippen molar-refractivity contribution in [2.75, 3.05) is 12.4 Å². The van der Waals surface area contributed by atoms with Crippen LogP contribution in [0, 0.1) is 0 Å². The van der Waals surface area contributed by atoms with Gasteiger partial charge in [0.15, 0.2) is 17.2 Å². The summed E-state index contributed by atoms with van der Waals surface area (Å²) in [5, 5.41) is 2.69. The maximum atomic E-state index is 12.5. The number of rotatable bonds is 7. The molecule has 1 N–H and O–H groups in total. The van der Waals surface area contributed by atoms with E-state index < -0.39 is 5.97 Å². The van der Waals surface area contributed by atoms with Crippen molar-refractivity contribution in [3.63, 3.8) is 0 Å². The van der Waals surface area contributed by atoms with Crippen molar-refractivity contribution in [1.29, 1.82) is 0 Å². The average molecular weight is 521 g/mol. The summed E-state index contributed by atoms with van der Waals surface area (Å²) in [5.74, 6) is 0.471. The van der Waals surface area contributed by atoms with Crippen LogP contribution in [0.25, 0.3) is 6.08 Å². The average Bonchev–Trinajstić information content (AvgIpc) is 3.19. The molecule has 0 fully saturated rings. The normalized spacial score (nSPS) is 13.9. The predicted molar refractivity (Wildman–Crippen MR) is 133 cm³/mol. The van der Waals surface area contributed by atoms with Crippen molar-refractivity contribution in [3.8, 4) is 11.5 Å². The molecule has 34 heavy (non-hydrogen) atoms. The number of esters is 1. The molecule has 0 spiro atoms. The lowest BCUT2D eigenvalue weighted by atomic mass is 10.1. The van der Waals surface area contributed by atoms with Crippen molar-refractivity contribution in [3.05, 3.63) is 93.6 Å². The number of anilines is 1. The van der Waals surface area contributed by atoms with Gasteiger partial charge in [0.1, 0.15) is 6.61 Å². The highest BCUT2D eigenvalue weighted by atomic mass is 79.9. The van der Waals surface area contributed by atoms with Crippen LogP contribution < -0.4 is 14.8 Å². The molecular formula is C26H21BrN2O5. The number of benzene rings is 3. The molecule has 0 aliphatic carbocycles. The summed E-state index contributed by atoms with van der Waals surface area (Å²) in [6, 6.07) is 20.0. The highest BCUT2D eigenvalue weighted by Crippen LogP contribution is 2.34. The quantitative estimate of drug-likeness (QED) is 0.335. The number of hydrogen-bond acceptors (Lipinski definition) is 6. The zero-order valence-corrected chi connectivity index (χ0v) is 20.1. The van der Waals surface area contributed by atoms with Crippen LogP contribution in [0.4, 0.5) is 5.69 Å². The van der Waals surface area contributed by atoms with Gasteiger partial charge in [-0.1, -0.05) is 46.3 Å². The number of ether oxygens (including phenoxy) is 3. The van der Waals surface area contributed by atoms with Gasteiger partial charge in [-0.15, -0.1) is 0 Å². The van der Waals surface area contributed by atoms with Crippen molar-refractivity contribution in [2.24, 2.45) is 4.99 Å². The monoisotopic (exact) mass is 520 g/mol. The fourth-order valence-corrected chi connectivity index (χ4v) is 3.71. The molecule has 7 nitrogen and oxygen atoms in total. The van der Waals surface area contributed by atoms with E-state index in [0.29, 0.717) is 34.9 Å². The number of para-hydroxylation sites is 1. The zero-order chi connectivity index (χ0) is 24.1. The lowest BCUT2D eigenvalue weighted by molar-refractivity contribution is -0.129. The molecule has 1 aliphatic rings. The predicted octanol–water partition coefficient (Wildman–Crippen LogP) is 5.34. The molecule has 1 aliphatic heterocycles. The van der Waals surface area contributed by atoms with E-state index in [1.807, 2.05) is 36.4 Å². The lowest BCUT2D eigenvalue weighted by Crippen LogP contribution is -2.07. The molecule has 0 bridgehead atoms. The molecule has 0 atom stereocenters. The van der Waals surface area contributed by atoms with Crippen LogP contribution in [0.2, 0.25) is 0 Å². The minimum atomic E-state index is -0.569. The number of nitrogens with zero attached hydrogens (tertiary/aromatic N) is 1. The smallest absolute Gasteiger partial charge is 0.363 e. The van der Waals surface area contributed by atoms with Crippen LogP contribution in [0.1, 0.15) is 23.6 Å². The molecule has 4 rings (SSSR count). The van der Waals surface area contributed by atoms with Gasteiger partial charge in [0.05, 0.1) is 7.11 Å². The summed E-state index contributed by atoms with van der Waals surface area (Å²) in [4.78, 5) is 28.1. The van der Waals surface area contributed by atoms with Crippen LogP contribution in [0.3, 0.4) is 0 Å². The molecule has 0 aromatic heterocycles. The van der Waals surface area contributed by atoms with E-state index in [-0.39, 0.29) is 17.5 Å². The molecular weight excluding hydrogens is 500 g/mol. The van der Waals surface area contributed by atoms with E-state index in [4.69, 9.17) is 14.2 Å². The second kappa shape index (κ2) is 10.4. The molecule has 1 heterocycles. The second-order valence-electron chi connectivity index (χ2n) is 7.35. The Morgan fingerprint density at radius 1 is 1.09 bits per heavy atom. The topological polar surface area (TPSA) is 86.2 Å². The highest BCUT2D eigenvalue weighted by Gasteiger charge is 2.25. The number of amides is 1. The van der Waals surface area contributed by atoms with Gasteiger partial charge in [-0.05, 0) is 42.5 Å². The molecule has 3 aromatic rings. The summed E-state index contributed by atoms with van der Waals surface area (Å²) in [7, 11) is 1.56. The van der Waals surface area contributed by atoms with Crippen LogP contribution in [0.15, 0.2) is 81.9 Å². The van der Waals surface area contributed by atoms with E-state index in [9.17, 15) is 9.59 Å². The molecule has 1 amide bonds. The van der Waals surface area contributed by atoms with Gasteiger partial charge in [0, 0.05) is 33.8 Å². The summed E-state index contributed by atoms with van der Waals surface area (Å²) >= 11 is 3.52. The summed E-state index contributed by atoms with van der Waals surface area (Å²) in [6.07, 6.45) is 1.61. The number of methoxy groups -OCH3 is 1. The van der Waals surface area contributed by atoms with Crippen LogP contribution in [-0.2, 0) is 20.9 Å². The number of nitrogens with one attached hydrogen (secondary N) is 1. The standard InChI is InChI=1S/C26H21BrN2O5/c1-16(30)28-20-12-10-17(11-13-20)25-29-22(26(31)34-25)14-18-7-5-9-23(32-2)24(18)33-15-19-6-3-4-8-21(19)27/h3-14H,15H2,1-2H3,(H,28,30)/b22-14-. The first-order valence-electron chi connectivity index (χ1n) is 10.4. The molecule has 0 saturated heterocycles. The van der Waals surface area contributed by atoms with Crippen molar-refractivity contribution in [2.45, 2.75) is 13.5 Å². The number of cyclic esters (lactones) is 1. The first-order chi connectivity index (χ1) is 16.4. The van der Waals surface area contributed by atoms with Crippen LogP contribution in [0.5, 0.6) is 11.5 Å². The minimum Gasteiger partial charge on any atom is -0.493 e. The Morgan fingerprint density at radius 2 is 1.85 bits per heavy atom. The Hall–Kier alpha value is -3.91. The van der Waals surface area contributed by atoms with Gasteiger partial charge in [0.2, 0.25) is 11.8 Å². The molecule has 172 valence electrons. The Bertz CT molecular complexity index is 1300. The maximum Gasteiger partial charge on any atom is 0.363 e. The van der Waals surface area contributed by atoms with Gasteiger partial charge in [-0.3, -0.25) is 4.79 Å². The Balaban J connectivity index is 1.61. The second-order valence-corrected chi connectivity index (χ2v) is 8.21. The molecule has 8 heteroatoms. The SMILES string of the molecule is COc1cccc(/C=C2\N=C(c3ccc(NC(C)=O)cc3)OC2=O)c1OCc1ccccc1Br. The Labute approximate surface area is 205 Å². The van der Waals surface area contributed by atoms with Gasteiger partial charge in [-0.25, -0.2) is 9.79 Å². The third-order valence-electron chi connectivity index (χ3n) is 4.92. The molecule has 3 aromatic carbocycles. The minimum absolute atomic E-state index is 0.139. The van der Waals surface area contributed by atoms with Crippen LogP contribution >= 0.6 is 15.9 Å². The van der Waals surface area contributed by atoms with E-state index in [1.54, 1.807) is 43.5 Å². The highest BCUT2D eigenvalue weighted by molar-refractivity contribution is 9.10. The van der Waals surface area contributed by atoms with Gasteiger partial charge in [-0.2, -0.15) is 0 Å². The van der Waals surface area contributed by atoms with Crippen LogP contribution in [-0.4, -0.2) is 24.9 Å². The third kappa shape index (κ3) is 5.35. The van der Waals surface area contributed by atoms with E-state index in [0.717, 1.165) is 10.0 Å². The number of aliphatic imine (C=N–C) groups is 1. The molecule has 0 saturated carbocycles. The largest absolute Gasteiger partial charge is 0.493 e. The fraction of sp³-hybridized carbons (Fsp3) is 0.115. The molecule has 0 unspecified atom stereocenters. The van der Waals surface area contributed by atoms with E-state index in [1.165, 1.54) is 6.92 Å². The molecule has 0 radical (unpaired) electrons. The number of halogens is 1. The van der Waals surface area contributed by atoms with Gasteiger partial charge in [0.25, 0.3) is 0 Å². The maximum absolute atomic E-state index is 12.5. The number of hydrogen-bond donors (Lipinski definition) is 1. The summed E-state index contributed by atoms with van der Waals surface area (Å²) in [5.41, 5.74) is 2.99. The first-order valence-corrected chi connectivity index (χ1v) is 11.2.